The molecule has 0 bridgehead atoms. The van der Waals surface area contributed by atoms with Crippen molar-refractivity contribution in [3.05, 3.63) is 71.8 Å². The van der Waals surface area contributed by atoms with E-state index >= 15 is 0 Å². The quantitative estimate of drug-likeness (QED) is 0.594. The molecule has 2 heterocycles. The third-order valence-corrected chi connectivity index (χ3v) is 5.66. The summed E-state index contributed by atoms with van der Waals surface area (Å²) in [5, 5.41) is 2.61. The van der Waals surface area contributed by atoms with Gasteiger partial charge >= 0.3 is 0 Å². The lowest BCUT2D eigenvalue weighted by molar-refractivity contribution is -0.116. The Morgan fingerprint density at radius 3 is 2.58 bits per heavy atom. The zero-order chi connectivity index (χ0) is 21.8. The van der Waals surface area contributed by atoms with Gasteiger partial charge in [0.2, 0.25) is 5.91 Å². The highest BCUT2D eigenvalue weighted by Crippen LogP contribution is 2.32. The normalized spacial score (nSPS) is 15.2. The minimum atomic E-state index is -0.975. The van der Waals surface area contributed by atoms with Gasteiger partial charge in [-0.25, -0.2) is 13.8 Å². The number of nitrogens with zero attached hydrogens (tertiary/aromatic N) is 2. The lowest BCUT2D eigenvalue weighted by Crippen LogP contribution is -2.35. The predicted molar refractivity (Wildman–Crippen MR) is 115 cm³/mol. The summed E-state index contributed by atoms with van der Waals surface area (Å²) in [7, 11) is 0. The van der Waals surface area contributed by atoms with Gasteiger partial charge in [0.1, 0.15) is 11.5 Å². The first-order valence-electron chi connectivity index (χ1n) is 10.5. The van der Waals surface area contributed by atoms with Crippen LogP contribution in [0.4, 0.5) is 14.5 Å². The second-order valence-electron chi connectivity index (χ2n) is 7.87. The van der Waals surface area contributed by atoms with Gasteiger partial charge in [-0.15, -0.1) is 0 Å². The minimum Gasteiger partial charge on any atom is -0.445 e. The first kappa shape index (κ1) is 21.2. The van der Waals surface area contributed by atoms with E-state index in [-0.39, 0.29) is 17.5 Å². The number of hydrogen-bond acceptors (Lipinski definition) is 4. The number of rotatable bonds is 6. The van der Waals surface area contributed by atoms with E-state index in [1.165, 1.54) is 6.07 Å². The summed E-state index contributed by atoms with van der Waals surface area (Å²) >= 11 is 0. The fraction of sp³-hybridized carbons (Fsp3) is 0.333. The smallest absolute Gasteiger partial charge is 0.225 e. The van der Waals surface area contributed by atoms with Crippen molar-refractivity contribution in [2.24, 2.45) is 0 Å². The fourth-order valence-corrected chi connectivity index (χ4v) is 3.92. The minimum absolute atomic E-state index is 0.219. The second-order valence-corrected chi connectivity index (χ2v) is 7.87. The van der Waals surface area contributed by atoms with Crippen molar-refractivity contribution in [1.82, 2.24) is 9.88 Å². The molecule has 2 aromatic carbocycles. The third-order valence-electron chi connectivity index (χ3n) is 5.66. The van der Waals surface area contributed by atoms with E-state index in [0.717, 1.165) is 61.0 Å². The van der Waals surface area contributed by atoms with Crippen molar-refractivity contribution < 1.29 is 18.0 Å². The fourth-order valence-electron chi connectivity index (χ4n) is 3.92. The van der Waals surface area contributed by atoms with Crippen LogP contribution in [-0.2, 0) is 4.79 Å². The van der Waals surface area contributed by atoms with Gasteiger partial charge in [-0.3, -0.25) is 4.79 Å². The first-order valence-corrected chi connectivity index (χ1v) is 10.5. The maximum Gasteiger partial charge on any atom is 0.225 e. The number of amides is 1. The van der Waals surface area contributed by atoms with Crippen LogP contribution in [0.25, 0.3) is 11.3 Å². The highest BCUT2D eigenvalue weighted by Gasteiger charge is 2.26. The standard InChI is InChI=1S/C24H25F2N3O2/c1-16-23(17-5-3-2-4-6-17)28-24(31-16)18-9-12-29(13-10-18)14-11-22(30)27-19-7-8-20(25)21(26)15-19/h2-8,15,18H,9-14H2,1H3,(H,27,30). The zero-order valence-electron chi connectivity index (χ0n) is 17.4. The van der Waals surface area contributed by atoms with Crippen LogP contribution in [0.3, 0.4) is 0 Å². The molecule has 3 aromatic rings. The van der Waals surface area contributed by atoms with Crippen LogP contribution in [0.5, 0.6) is 0 Å². The number of piperidine rings is 1. The summed E-state index contributed by atoms with van der Waals surface area (Å²) in [6.07, 6.45) is 2.12. The maximum absolute atomic E-state index is 13.3. The van der Waals surface area contributed by atoms with Crippen molar-refractivity contribution >= 4 is 11.6 Å². The van der Waals surface area contributed by atoms with Gasteiger partial charge in [0.05, 0.1) is 0 Å². The number of carbonyl (C=O) groups excluding carboxylic acids is 1. The first-order chi connectivity index (χ1) is 15.0. The van der Waals surface area contributed by atoms with Crippen LogP contribution in [0, 0.1) is 18.6 Å². The average Bonchev–Trinajstić information content (AvgIpc) is 3.17. The Morgan fingerprint density at radius 1 is 1.13 bits per heavy atom. The number of halogens is 2. The number of carbonyl (C=O) groups is 1. The molecule has 4 rings (SSSR count). The monoisotopic (exact) mass is 425 g/mol. The van der Waals surface area contributed by atoms with Crippen molar-refractivity contribution in [3.63, 3.8) is 0 Å². The van der Waals surface area contributed by atoms with E-state index < -0.39 is 11.6 Å². The number of likely N-dealkylation sites (tertiary alicyclic amines) is 1. The van der Waals surface area contributed by atoms with E-state index in [4.69, 9.17) is 9.40 Å². The highest BCUT2D eigenvalue weighted by molar-refractivity contribution is 5.90. The Labute approximate surface area is 180 Å². The lowest BCUT2D eigenvalue weighted by atomic mass is 9.96. The molecular formula is C24H25F2N3O2. The highest BCUT2D eigenvalue weighted by atomic mass is 19.2. The number of aryl methyl sites for hydroxylation is 1. The molecule has 1 fully saturated rings. The number of aromatic nitrogens is 1. The van der Waals surface area contributed by atoms with Gasteiger partial charge in [-0.2, -0.15) is 0 Å². The molecule has 5 nitrogen and oxygen atoms in total. The van der Waals surface area contributed by atoms with Crippen molar-refractivity contribution in [2.45, 2.75) is 32.1 Å². The van der Waals surface area contributed by atoms with Crippen LogP contribution < -0.4 is 5.32 Å². The van der Waals surface area contributed by atoms with E-state index in [9.17, 15) is 13.6 Å². The molecule has 0 spiro atoms. The Kier molecular flexibility index (Phi) is 6.42. The molecule has 0 saturated carbocycles. The largest absolute Gasteiger partial charge is 0.445 e. The Balaban J connectivity index is 1.26. The number of oxazole rings is 1. The summed E-state index contributed by atoms with van der Waals surface area (Å²) in [6.45, 7) is 4.26. The molecule has 1 saturated heterocycles. The molecule has 0 aliphatic carbocycles. The molecule has 0 radical (unpaired) electrons. The van der Waals surface area contributed by atoms with Gasteiger partial charge in [-0.1, -0.05) is 30.3 Å². The lowest BCUT2D eigenvalue weighted by Gasteiger charge is -2.30. The van der Waals surface area contributed by atoms with Crippen molar-refractivity contribution in [2.75, 3.05) is 25.0 Å². The number of hydrogen-bond donors (Lipinski definition) is 1. The van der Waals surface area contributed by atoms with E-state index in [2.05, 4.69) is 10.2 Å². The summed E-state index contributed by atoms with van der Waals surface area (Å²) in [5.41, 5.74) is 2.21. The molecule has 162 valence electrons. The SMILES string of the molecule is Cc1oc(C2CCN(CCC(=O)Nc3ccc(F)c(F)c3)CC2)nc1-c1ccccc1. The van der Waals surface area contributed by atoms with Gasteiger partial charge in [0.15, 0.2) is 17.5 Å². The van der Waals surface area contributed by atoms with Gasteiger partial charge in [0, 0.05) is 36.2 Å². The van der Waals surface area contributed by atoms with Crippen LogP contribution in [-0.4, -0.2) is 35.4 Å². The van der Waals surface area contributed by atoms with Crippen LogP contribution in [0.2, 0.25) is 0 Å². The summed E-state index contributed by atoms with van der Waals surface area (Å²) in [5.74, 6) is -0.243. The van der Waals surface area contributed by atoms with Crippen molar-refractivity contribution in [3.8, 4) is 11.3 Å². The molecule has 1 N–H and O–H groups in total. The molecule has 1 aromatic heterocycles. The zero-order valence-corrected chi connectivity index (χ0v) is 17.4. The average molecular weight is 425 g/mol. The third kappa shape index (κ3) is 5.17. The van der Waals surface area contributed by atoms with E-state index in [1.807, 2.05) is 37.3 Å². The van der Waals surface area contributed by atoms with E-state index in [0.29, 0.717) is 13.0 Å². The molecule has 1 amide bonds. The molecule has 7 heteroatoms. The molecular weight excluding hydrogens is 400 g/mol. The van der Waals surface area contributed by atoms with E-state index in [1.54, 1.807) is 0 Å². The van der Waals surface area contributed by atoms with Gasteiger partial charge in [0.25, 0.3) is 0 Å². The molecule has 1 aliphatic rings. The molecule has 0 atom stereocenters. The van der Waals surface area contributed by atoms with Crippen LogP contribution in [0.15, 0.2) is 52.9 Å². The Morgan fingerprint density at radius 2 is 1.87 bits per heavy atom. The Hall–Kier alpha value is -3.06. The number of benzene rings is 2. The van der Waals surface area contributed by atoms with Crippen LogP contribution in [0.1, 0.15) is 36.8 Å². The predicted octanol–water partition coefficient (Wildman–Crippen LogP) is 5.14. The van der Waals surface area contributed by atoms with Gasteiger partial charge < -0.3 is 14.6 Å². The van der Waals surface area contributed by atoms with Gasteiger partial charge in [-0.05, 0) is 45.0 Å². The summed E-state index contributed by atoms with van der Waals surface area (Å²) in [4.78, 5) is 19.1. The number of nitrogens with one attached hydrogen (secondary N) is 1. The number of anilines is 1. The van der Waals surface area contributed by atoms with Crippen molar-refractivity contribution in [1.29, 1.82) is 0 Å². The Bertz CT molecular complexity index is 1040. The topological polar surface area (TPSA) is 58.4 Å². The van der Waals surface area contributed by atoms with Crippen LogP contribution >= 0.6 is 0 Å². The summed E-state index contributed by atoms with van der Waals surface area (Å²) in [6, 6.07) is 13.4. The molecule has 0 unspecified atom stereocenters. The second kappa shape index (κ2) is 9.39. The summed E-state index contributed by atoms with van der Waals surface area (Å²) < 4.78 is 32.2. The molecule has 31 heavy (non-hydrogen) atoms. The molecule has 1 aliphatic heterocycles. The maximum atomic E-state index is 13.3.